The molecule has 0 radical (unpaired) electrons. The van der Waals surface area contributed by atoms with Crippen LogP contribution in [0.5, 0.6) is 5.75 Å². The normalized spacial score (nSPS) is 11.0. The third kappa shape index (κ3) is 6.42. The Bertz CT molecular complexity index is 1180. The molecule has 0 aliphatic rings. The number of nitrogens with zero attached hydrogens (tertiary/aromatic N) is 1. The van der Waals surface area contributed by atoms with Crippen LogP contribution in [-0.2, 0) is 11.4 Å². The number of nitrogens with one attached hydrogen (secondary N) is 1. The van der Waals surface area contributed by atoms with Gasteiger partial charge in [-0.05, 0) is 105 Å². The zero-order chi connectivity index (χ0) is 22.4. The Kier molecular flexibility index (Phi) is 7.88. The molecule has 6 heteroatoms. The summed E-state index contributed by atoms with van der Waals surface area (Å²) in [4.78, 5) is 12.6. The average Bonchev–Trinajstić information content (AvgIpc) is 2.74. The molecule has 3 aromatic rings. The van der Waals surface area contributed by atoms with E-state index in [1.165, 1.54) is 3.57 Å². The maximum atomic E-state index is 12.6. The van der Waals surface area contributed by atoms with Gasteiger partial charge in [-0.3, -0.25) is 4.79 Å². The van der Waals surface area contributed by atoms with Crippen molar-refractivity contribution in [1.82, 2.24) is 0 Å². The zero-order valence-electron chi connectivity index (χ0n) is 17.1. The number of hydrogen-bond acceptors (Lipinski definition) is 3. The average molecular weight is 587 g/mol. The summed E-state index contributed by atoms with van der Waals surface area (Å²) in [5, 5.41) is 12.3. The van der Waals surface area contributed by atoms with E-state index in [0.717, 1.165) is 26.7 Å². The van der Waals surface area contributed by atoms with Gasteiger partial charge >= 0.3 is 0 Å². The largest absolute Gasteiger partial charge is 0.488 e. The smallest absolute Gasteiger partial charge is 0.266 e. The van der Waals surface area contributed by atoms with Gasteiger partial charge < -0.3 is 10.1 Å². The van der Waals surface area contributed by atoms with Crippen molar-refractivity contribution < 1.29 is 9.53 Å². The summed E-state index contributed by atoms with van der Waals surface area (Å²) in [6, 6.07) is 21.3. The van der Waals surface area contributed by atoms with Crippen molar-refractivity contribution in [1.29, 1.82) is 5.26 Å². The van der Waals surface area contributed by atoms with Crippen LogP contribution in [0, 0.1) is 28.7 Å². The minimum absolute atomic E-state index is 0.0273. The second-order valence-corrected chi connectivity index (χ2v) is 9.15. The van der Waals surface area contributed by atoms with Crippen molar-refractivity contribution in [3.63, 3.8) is 0 Å². The molecule has 0 saturated heterocycles. The Labute approximate surface area is 204 Å². The Hall–Kier alpha value is -2.63. The van der Waals surface area contributed by atoms with Crippen molar-refractivity contribution in [3.05, 3.63) is 96.5 Å². The molecule has 0 fully saturated rings. The topological polar surface area (TPSA) is 62.1 Å². The van der Waals surface area contributed by atoms with Crippen molar-refractivity contribution in [2.24, 2.45) is 0 Å². The lowest BCUT2D eigenvalue weighted by atomic mass is 10.1. The Balaban J connectivity index is 1.71. The minimum Gasteiger partial charge on any atom is -0.488 e. The molecule has 0 aliphatic carbocycles. The van der Waals surface area contributed by atoms with Gasteiger partial charge in [-0.25, -0.2) is 0 Å². The molecule has 0 aliphatic heterocycles. The summed E-state index contributed by atoms with van der Waals surface area (Å²) in [5.41, 5.74) is 4.58. The highest BCUT2D eigenvalue weighted by Gasteiger charge is 2.12. The second kappa shape index (κ2) is 10.6. The number of amides is 1. The first-order chi connectivity index (χ1) is 14.9. The molecule has 1 amide bonds. The molecule has 0 aromatic heterocycles. The van der Waals surface area contributed by atoms with Crippen LogP contribution in [0.2, 0.25) is 0 Å². The van der Waals surface area contributed by atoms with E-state index in [2.05, 4.69) is 43.8 Å². The Morgan fingerprint density at radius 1 is 1.13 bits per heavy atom. The molecule has 0 saturated carbocycles. The van der Waals surface area contributed by atoms with E-state index in [0.29, 0.717) is 18.0 Å². The van der Waals surface area contributed by atoms with Gasteiger partial charge in [-0.15, -0.1) is 0 Å². The maximum Gasteiger partial charge on any atom is 0.266 e. The predicted molar refractivity (Wildman–Crippen MR) is 136 cm³/mol. The summed E-state index contributed by atoms with van der Waals surface area (Å²) in [7, 11) is 0. The molecule has 0 bridgehead atoms. The van der Waals surface area contributed by atoms with Crippen LogP contribution in [0.4, 0.5) is 5.69 Å². The summed E-state index contributed by atoms with van der Waals surface area (Å²) in [5.74, 6) is 0.249. The first-order valence-electron chi connectivity index (χ1n) is 9.53. The number of halogens is 2. The van der Waals surface area contributed by atoms with Crippen molar-refractivity contribution in [2.45, 2.75) is 20.5 Å². The summed E-state index contributed by atoms with van der Waals surface area (Å²) in [6.07, 6.45) is 1.56. The molecule has 0 heterocycles. The fourth-order valence-corrected chi connectivity index (χ4v) is 3.79. The number of ether oxygens (including phenoxy) is 1. The molecule has 31 heavy (non-hydrogen) atoms. The minimum atomic E-state index is -0.440. The highest BCUT2D eigenvalue weighted by molar-refractivity contribution is 14.1. The first-order valence-corrected chi connectivity index (χ1v) is 11.4. The van der Waals surface area contributed by atoms with Gasteiger partial charge in [0.15, 0.2) is 0 Å². The first kappa shape index (κ1) is 23.0. The van der Waals surface area contributed by atoms with Crippen LogP contribution in [0.15, 0.2) is 70.7 Å². The fourth-order valence-electron chi connectivity index (χ4n) is 2.92. The fraction of sp³-hybridized carbons (Fsp3) is 0.120. The molecule has 156 valence electrons. The number of anilines is 1. The molecular formula is C25H20BrIN2O2. The Morgan fingerprint density at radius 2 is 1.87 bits per heavy atom. The third-order valence-electron chi connectivity index (χ3n) is 4.57. The van der Waals surface area contributed by atoms with Gasteiger partial charge in [0.1, 0.15) is 24.0 Å². The lowest BCUT2D eigenvalue weighted by molar-refractivity contribution is -0.112. The van der Waals surface area contributed by atoms with Gasteiger partial charge in [-0.1, -0.05) is 35.9 Å². The monoisotopic (exact) mass is 586 g/mol. The highest BCUT2D eigenvalue weighted by atomic mass is 127. The molecule has 0 atom stereocenters. The number of aryl methyl sites for hydroxylation is 2. The number of nitriles is 1. The van der Waals surface area contributed by atoms with Crippen molar-refractivity contribution in [3.8, 4) is 11.8 Å². The van der Waals surface area contributed by atoms with Crippen LogP contribution in [0.25, 0.3) is 6.08 Å². The molecule has 3 rings (SSSR count). The second-order valence-electron chi connectivity index (χ2n) is 7.05. The molecular weight excluding hydrogens is 567 g/mol. The standard InChI is InChI=1S/C25H20BrIN2O2/c1-16-3-9-23(17(2)11-16)29-25(30)20(14-28)12-19-6-10-24(22(26)13-19)31-15-18-4-7-21(27)8-5-18/h3-13H,15H2,1-2H3,(H,29,30)/b20-12+. The predicted octanol–water partition coefficient (Wildman–Crippen LogP) is 6.80. The van der Waals surface area contributed by atoms with Crippen molar-refractivity contribution >= 4 is 56.2 Å². The number of rotatable bonds is 6. The van der Waals surface area contributed by atoms with Crippen LogP contribution in [-0.4, -0.2) is 5.91 Å². The molecule has 1 N–H and O–H groups in total. The van der Waals surface area contributed by atoms with E-state index in [9.17, 15) is 10.1 Å². The highest BCUT2D eigenvalue weighted by Crippen LogP contribution is 2.28. The third-order valence-corrected chi connectivity index (χ3v) is 5.91. The van der Waals surface area contributed by atoms with E-state index >= 15 is 0 Å². The van der Waals surface area contributed by atoms with Crippen LogP contribution in [0.3, 0.4) is 0 Å². The van der Waals surface area contributed by atoms with Gasteiger partial charge in [-0.2, -0.15) is 5.26 Å². The van der Waals surface area contributed by atoms with Crippen LogP contribution in [0.1, 0.15) is 22.3 Å². The SMILES string of the molecule is Cc1ccc(NC(=O)/C(C#N)=C/c2ccc(OCc3ccc(I)cc3)c(Br)c2)c(C)c1. The van der Waals surface area contributed by atoms with E-state index in [1.54, 1.807) is 6.08 Å². The number of carbonyl (C=O) groups is 1. The van der Waals surface area contributed by atoms with E-state index in [1.807, 2.05) is 80.6 Å². The molecule has 0 spiro atoms. The lowest BCUT2D eigenvalue weighted by Gasteiger charge is -2.10. The summed E-state index contributed by atoms with van der Waals surface area (Å²) < 4.78 is 7.81. The Morgan fingerprint density at radius 3 is 2.52 bits per heavy atom. The zero-order valence-corrected chi connectivity index (χ0v) is 20.8. The number of hydrogen-bond donors (Lipinski definition) is 1. The van der Waals surface area contributed by atoms with E-state index in [-0.39, 0.29) is 5.57 Å². The van der Waals surface area contributed by atoms with E-state index < -0.39 is 5.91 Å². The number of carbonyl (C=O) groups excluding carboxylic acids is 1. The van der Waals surface area contributed by atoms with Gasteiger partial charge in [0.2, 0.25) is 0 Å². The lowest BCUT2D eigenvalue weighted by Crippen LogP contribution is -2.14. The van der Waals surface area contributed by atoms with Crippen LogP contribution < -0.4 is 10.1 Å². The molecule has 4 nitrogen and oxygen atoms in total. The van der Waals surface area contributed by atoms with Gasteiger partial charge in [0, 0.05) is 9.26 Å². The van der Waals surface area contributed by atoms with E-state index in [4.69, 9.17) is 4.74 Å². The number of benzene rings is 3. The summed E-state index contributed by atoms with van der Waals surface area (Å²) >= 11 is 5.78. The maximum absolute atomic E-state index is 12.6. The quantitative estimate of drug-likeness (QED) is 0.196. The molecule has 0 unspecified atom stereocenters. The van der Waals surface area contributed by atoms with Crippen molar-refractivity contribution in [2.75, 3.05) is 5.32 Å². The molecule has 3 aromatic carbocycles. The summed E-state index contributed by atoms with van der Waals surface area (Å²) in [6.45, 7) is 4.36. The van der Waals surface area contributed by atoms with Gasteiger partial charge in [0.25, 0.3) is 5.91 Å². The van der Waals surface area contributed by atoms with Crippen LogP contribution >= 0.6 is 38.5 Å². The van der Waals surface area contributed by atoms with Gasteiger partial charge in [0.05, 0.1) is 4.47 Å².